The van der Waals surface area contributed by atoms with Crippen molar-refractivity contribution in [3.05, 3.63) is 115 Å². The predicted molar refractivity (Wildman–Crippen MR) is 115 cm³/mol. The molecule has 4 heteroatoms. The summed E-state index contributed by atoms with van der Waals surface area (Å²) in [6.07, 6.45) is 0. The first-order chi connectivity index (χ1) is 14.3. The Balaban J connectivity index is 1.64. The lowest BCUT2D eigenvalue weighted by atomic mass is 10.0. The summed E-state index contributed by atoms with van der Waals surface area (Å²) in [4.78, 5) is 4.79. The van der Waals surface area contributed by atoms with Gasteiger partial charge in [-0.15, -0.1) is 5.43 Å². The summed E-state index contributed by atoms with van der Waals surface area (Å²) in [5, 5.41) is 1.91. The van der Waals surface area contributed by atoms with Crippen LogP contribution in [-0.4, -0.2) is 5.84 Å². The maximum Gasteiger partial charge on any atom is 0.180 e. The highest BCUT2D eigenvalue weighted by Gasteiger charge is 2.24. The molecule has 3 nitrogen and oxygen atoms in total. The Bertz CT molecular complexity index is 1170. The third-order valence-corrected chi connectivity index (χ3v) is 4.83. The van der Waals surface area contributed by atoms with E-state index in [1.807, 2.05) is 83.9 Å². The second-order valence-corrected chi connectivity index (χ2v) is 6.76. The molecule has 0 spiro atoms. The molecule has 1 radical (unpaired) electrons. The molecular weight excluding hydrogens is 361 g/mol. The number of nitrogens with zero attached hydrogens (tertiary/aromatic N) is 3. The Morgan fingerprint density at radius 3 is 2.00 bits per heavy atom. The Morgan fingerprint density at radius 1 is 0.621 bits per heavy atom. The number of hydrogen-bond acceptors (Lipinski definition) is 2. The summed E-state index contributed by atoms with van der Waals surface area (Å²) in [7, 11) is 0. The number of rotatable bonds is 3. The zero-order chi connectivity index (χ0) is 19.6. The molecule has 139 valence electrons. The first-order valence-corrected chi connectivity index (χ1v) is 9.39. The summed E-state index contributed by atoms with van der Waals surface area (Å²) < 4.78 is 13.3. The van der Waals surface area contributed by atoms with Crippen molar-refractivity contribution in [2.75, 3.05) is 5.01 Å². The largest absolute Gasteiger partial charge is 0.229 e. The van der Waals surface area contributed by atoms with Crippen molar-refractivity contribution in [2.45, 2.75) is 0 Å². The number of hydrogen-bond donors (Lipinski definition) is 0. The minimum atomic E-state index is -0.246. The Kier molecular flexibility index (Phi) is 4.30. The molecule has 0 saturated heterocycles. The number of amidine groups is 1. The first kappa shape index (κ1) is 17.2. The lowest BCUT2D eigenvalue weighted by Gasteiger charge is -2.29. The number of para-hydroxylation sites is 1. The van der Waals surface area contributed by atoms with Gasteiger partial charge in [0.25, 0.3) is 0 Å². The molecule has 0 fully saturated rings. The third kappa shape index (κ3) is 3.36. The van der Waals surface area contributed by atoms with Crippen LogP contribution in [-0.2, 0) is 0 Å². The average molecular weight is 378 g/mol. The molecule has 1 heterocycles. The number of aliphatic imine (C=N–C) groups is 1. The van der Waals surface area contributed by atoms with Gasteiger partial charge in [0.05, 0.1) is 17.1 Å². The molecule has 4 aromatic rings. The molecule has 1 aliphatic rings. The number of anilines is 2. The molecule has 5 rings (SSSR count). The van der Waals surface area contributed by atoms with Crippen LogP contribution < -0.4 is 10.4 Å². The van der Waals surface area contributed by atoms with E-state index in [9.17, 15) is 4.39 Å². The Labute approximate surface area is 168 Å². The fourth-order valence-electron chi connectivity index (χ4n) is 3.37. The van der Waals surface area contributed by atoms with Gasteiger partial charge in [-0.25, -0.2) is 14.4 Å². The molecular formula is C25H17FN3. The third-order valence-electron chi connectivity index (χ3n) is 4.83. The summed E-state index contributed by atoms with van der Waals surface area (Å²) in [5.74, 6) is 0.418. The average Bonchev–Trinajstić information content (AvgIpc) is 2.80. The van der Waals surface area contributed by atoms with Crippen molar-refractivity contribution in [3.8, 4) is 11.1 Å². The van der Waals surface area contributed by atoms with Crippen molar-refractivity contribution in [1.29, 1.82) is 0 Å². The molecule has 0 atom stereocenters. The second-order valence-electron chi connectivity index (χ2n) is 6.76. The fourth-order valence-corrected chi connectivity index (χ4v) is 3.37. The predicted octanol–water partition coefficient (Wildman–Crippen LogP) is 6.24. The highest BCUT2D eigenvalue weighted by molar-refractivity contribution is 6.05. The van der Waals surface area contributed by atoms with Crippen LogP contribution in [0, 0.1) is 5.82 Å². The van der Waals surface area contributed by atoms with Gasteiger partial charge in [0.15, 0.2) is 5.84 Å². The summed E-state index contributed by atoms with van der Waals surface area (Å²) in [5.41, 5.74) is 10.4. The van der Waals surface area contributed by atoms with E-state index in [1.165, 1.54) is 12.1 Å². The van der Waals surface area contributed by atoms with Gasteiger partial charge >= 0.3 is 0 Å². The maximum absolute atomic E-state index is 13.3. The molecule has 29 heavy (non-hydrogen) atoms. The van der Waals surface area contributed by atoms with Crippen LogP contribution in [0.5, 0.6) is 0 Å². The number of halogens is 1. The zero-order valence-electron chi connectivity index (χ0n) is 15.5. The van der Waals surface area contributed by atoms with Gasteiger partial charge in [-0.1, -0.05) is 66.7 Å². The number of benzene rings is 4. The van der Waals surface area contributed by atoms with Crippen molar-refractivity contribution in [3.63, 3.8) is 0 Å². The van der Waals surface area contributed by atoms with Crippen LogP contribution in [0.1, 0.15) is 5.56 Å². The summed E-state index contributed by atoms with van der Waals surface area (Å²) in [6.45, 7) is 0. The molecule has 0 amide bonds. The quantitative estimate of drug-likeness (QED) is 0.415. The first-order valence-electron chi connectivity index (χ1n) is 9.39. The van der Waals surface area contributed by atoms with Crippen molar-refractivity contribution >= 4 is 22.9 Å². The molecule has 4 aromatic carbocycles. The van der Waals surface area contributed by atoms with E-state index in [1.54, 1.807) is 12.1 Å². The van der Waals surface area contributed by atoms with Gasteiger partial charge in [0.2, 0.25) is 0 Å². The van der Waals surface area contributed by atoms with Crippen LogP contribution in [0.25, 0.3) is 11.1 Å². The van der Waals surface area contributed by atoms with Gasteiger partial charge < -0.3 is 0 Å². The Hall–Kier alpha value is -3.92. The summed E-state index contributed by atoms with van der Waals surface area (Å²) in [6, 6.07) is 32.5. The van der Waals surface area contributed by atoms with Crippen LogP contribution in [0.4, 0.5) is 21.5 Å². The van der Waals surface area contributed by atoms with E-state index in [0.717, 1.165) is 33.8 Å². The highest BCUT2D eigenvalue weighted by Crippen LogP contribution is 2.39. The number of fused-ring (bicyclic) bond motifs is 1. The van der Waals surface area contributed by atoms with E-state index in [0.29, 0.717) is 5.84 Å². The van der Waals surface area contributed by atoms with Crippen molar-refractivity contribution in [2.24, 2.45) is 4.99 Å². The molecule has 1 aliphatic heterocycles. The molecule has 0 aliphatic carbocycles. The van der Waals surface area contributed by atoms with E-state index in [-0.39, 0.29) is 5.82 Å². The smallest absolute Gasteiger partial charge is 0.180 e. The topological polar surface area (TPSA) is 29.7 Å². The van der Waals surface area contributed by atoms with Crippen LogP contribution in [0.15, 0.2) is 108 Å². The minimum Gasteiger partial charge on any atom is -0.229 e. The zero-order valence-corrected chi connectivity index (χ0v) is 15.5. The Morgan fingerprint density at radius 2 is 1.28 bits per heavy atom. The monoisotopic (exact) mass is 378 g/mol. The van der Waals surface area contributed by atoms with Gasteiger partial charge in [0.1, 0.15) is 5.82 Å². The molecule has 0 unspecified atom stereocenters. The van der Waals surface area contributed by atoms with E-state index >= 15 is 0 Å². The van der Waals surface area contributed by atoms with Gasteiger partial charge in [0, 0.05) is 5.56 Å². The minimum absolute atomic E-state index is 0.246. The van der Waals surface area contributed by atoms with Gasteiger partial charge in [-0.3, -0.25) is 0 Å². The van der Waals surface area contributed by atoms with E-state index < -0.39 is 0 Å². The maximum atomic E-state index is 13.3. The van der Waals surface area contributed by atoms with Gasteiger partial charge in [-0.2, -0.15) is 0 Å². The lowest BCUT2D eigenvalue weighted by molar-refractivity contribution is 0.628. The van der Waals surface area contributed by atoms with Crippen molar-refractivity contribution in [1.82, 2.24) is 5.43 Å². The summed E-state index contributed by atoms with van der Waals surface area (Å²) >= 11 is 0. The normalized spacial score (nSPS) is 12.7. The standard InChI is InChI=1S/C25H17FN3/c26-21-14-11-18(12-15-21)20-13-16-23-24(17-20)29(22-9-5-2-6-10-22)28-25(27-23)19-7-3-1-4-8-19/h1-17H. The lowest BCUT2D eigenvalue weighted by Crippen LogP contribution is -2.35. The van der Waals surface area contributed by atoms with E-state index in [2.05, 4.69) is 0 Å². The molecule has 0 N–H and O–H groups in total. The fraction of sp³-hybridized carbons (Fsp3) is 0. The molecule has 0 saturated carbocycles. The molecule has 0 aromatic heterocycles. The van der Waals surface area contributed by atoms with Crippen molar-refractivity contribution < 1.29 is 4.39 Å². The SMILES string of the molecule is Fc1ccc(-c2ccc3c(c2)N(c2ccccc2)[N]C(c2ccccc2)=N3)cc1. The van der Waals surface area contributed by atoms with Crippen LogP contribution in [0.2, 0.25) is 0 Å². The van der Waals surface area contributed by atoms with Gasteiger partial charge in [-0.05, 0) is 47.5 Å². The van der Waals surface area contributed by atoms with Crippen LogP contribution in [0.3, 0.4) is 0 Å². The van der Waals surface area contributed by atoms with Crippen LogP contribution >= 0.6 is 0 Å². The second kappa shape index (κ2) is 7.24. The van der Waals surface area contributed by atoms with E-state index in [4.69, 9.17) is 10.4 Å². The highest BCUT2D eigenvalue weighted by atomic mass is 19.1. The molecule has 0 bridgehead atoms.